The van der Waals surface area contributed by atoms with Gasteiger partial charge in [0, 0.05) is 28.6 Å². The Labute approximate surface area is 203 Å². The smallest absolute Gasteiger partial charge is 0.481 e. The van der Waals surface area contributed by atoms with Gasteiger partial charge in [0.15, 0.2) is 5.75 Å². The fourth-order valence-corrected chi connectivity index (χ4v) is 5.69. The minimum atomic E-state index is -5.14. The van der Waals surface area contributed by atoms with Crippen molar-refractivity contribution in [1.29, 1.82) is 0 Å². The maximum absolute atomic E-state index is 14.0. The van der Waals surface area contributed by atoms with E-state index in [1.165, 1.54) is 36.5 Å². The third kappa shape index (κ3) is 5.13. The van der Waals surface area contributed by atoms with Gasteiger partial charge in [-0.3, -0.25) is 4.79 Å². The zero-order chi connectivity index (χ0) is 25.4. The molecule has 0 radical (unpaired) electrons. The number of aromatic nitrogens is 1. The molecule has 1 aromatic heterocycles. The molecule has 0 aliphatic heterocycles. The largest absolute Gasteiger partial charge is 0.573 e. The van der Waals surface area contributed by atoms with Crippen molar-refractivity contribution < 1.29 is 36.2 Å². The summed E-state index contributed by atoms with van der Waals surface area (Å²) >= 11 is 6.08. The number of nitrogens with zero attached hydrogens (tertiary/aromatic N) is 1. The molecule has 11 heteroatoms. The van der Waals surface area contributed by atoms with E-state index in [1.54, 1.807) is 30.3 Å². The molecule has 35 heavy (non-hydrogen) atoms. The third-order valence-corrected chi connectivity index (χ3v) is 7.22. The van der Waals surface area contributed by atoms with E-state index in [2.05, 4.69) is 4.74 Å². The standard InChI is InChI=1S/C24H17ClF3NO5S/c25-17-10-11-20-19(13-17)16(9-12-22(30)31)14-29(20)35(32,33)23-18(15-5-2-1-3-6-15)7-4-8-21(23)34-24(26,27)28/h1-8,10-11,13-14H,9,12H2,(H,30,31). The van der Waals surface area contributed by atoms with E-state index in [4.69, 9.17) is 16.7 Å². The Morgan fingerprint density at radius 2 is 1.74 bits per heavy atom. The van der Waals surface area contributed by atoms with E-state index < -0.39 is 33.0 Å². The lowest BCUT2D eigenvalue weighted by Gasteiger charge is -2.18. The number of carboxylic acids is 1. The maximum Gasteiger partial charge on any atom is 0.573 e. The van der Waals surface area contributed by atoms with Gasteiger partial charge in [-0.2, -0.15) is 0 Å². The van der Waals surface area contributed by atoms with Gasteiger partial charge in [0.1, 0.15) is 4.90 Å². The van der Waals surface area contributed by atoms with Gasteiger partial charge in [0.25, 0.3) is 10.0 Å². The molecule has 0 saturated heterocycles. The molecule has 3 aromatic carbocycles. The fraction of sp³-hybridized carbons (Fsp3) is 0.125. The van der Waals surface area contributed by atoms with Crippen LogP contribution in [0.3, 0.4) is 0 Å². The van der Waals surface area contributed by atoms with Crippen molar-refractivity contribution in [2.24, 2.45) is 0 Å². The number of rotatable bonds is 7. The van der Waals surface area contributed by atoms with E-state index in [9.17, 15) is 26.4 Å². The summed E-state index contributed by atoms with van der Waals surface area (Å²) in [5.41, 5.74) is 0.874. The Morgan fingerprint density at radius 1 is 1.03 bits per heavy atom. The highest BCUT2D eigenvalue weighted by atomic mass is 35.5. The molecule has 6 nitrogen and oxygen atoms in total. The molecule has 0 aliphatic carbocycles. The predicted octanol–water partition coefficient (Wildman–Crippen LogP) is 6.11. The zero-order valence-electron chi connectivity index (χ0n) is 17.8. The summed E-state index contributed by atoms with van der Waals surface area (Å²) in [6.07, 6.45) is -4.23. The van der Waals surface area contributed by atoms with Gasteiger partial charge >= 0.3 is 12.3 Å². The lowest BCUT2D eigenvalue weighted by molar-refractivity contribution is -0.275. The molecule has 0 spiro atoms. The molecule has 0 amide bonds. The first-order chi connectivity index (χ1) is 16.5. The predicted molar refractivity (Wildman–Crippen MR) is 124 cm³/mol. The first-order valence-corrected chi connectivity index (χ1v) is 12.0. The second-order valence-electron chi connectivity index (χ2n) is 7.56. The van der Waals surface area contributed by atoms with E-state index in [-0.39, 0.29) is 28.9 Å². The van der Waals surface area contributed by atoms with E-state index in [0.29, 0.717) is 16.5 Å². The van der Waals surface area contributed by atoms with Crippen molar-refractivity contribution in [3.8, 4) is 16.9 Å². The van der Waals surface area contributed by atoms with Crippen molar-refractivity contribution in [1.82, 2.24) is 3.97 Å². The molecule has 1 N–H and O–H groups in total. The van der Waals surface area contributed by atoms with Gasteiger partial charge < -0.3 is 9.84 Å². The Hall–Kier alpha value is -3.50. The van der Waals surface area contributed by atoms with Gasteiger partial charge in [0.05, 0.1) is 5.52 Å². The van der Waals surface area contributed by atoms with Crippen LogP contribution >= 0.6 is 11.6 Å². The van der Waals surface area contributed by atoms with Crippen LogP contribution in [0.1, 0.15) is 12.0 Å². The number of aliphatic carboxylic acids is 1. The molecule has 0 unspecified atom stereocenters. The van der Waals surface area contributed by atoms with Crippen LogP contribution < -0.4 is 4.74 Å². The molecule has 4 aromatic rings. The van der Waals surface area contributed by atoms with E-state index >= 15 is 0 Å². The lowest BCUT2D eigenvalue weighted by atomic mass is 10.1. The van der Waals surface area contributed by atoms with Gasteiger partial charge in [-0.05, 0) is 41.8 Å². The van der Waals surface area contributed by atoms with Crippen molar-refractivity contribution in [3.63, 3.8) is 0 Å². The Bertz CT molecular complexity index is 1520. The summed E-state index contributed by atoms with van der Waals surface area (Å²) < 4.78 is 72.6. The topological polar surface area (TPSA) is 85.6 Å². The third-order valence-electron chi connectivity index (χ3n) is 5.23. The molecule has 1 heterocycles. The fourth-order valence-electron chi connectivity index (χ4n) is 3.81. The molecule has 0 fully saturated rings. The summed E-state index contributed by atoms with van der Waals surface area (Å²) in [6, 6.07) is 16.0. The summed E-state index contributed by atoms with van der Waals surface area (Å²) in [5, 5.41) is 9.74. The molecular formula is C24H17ClF3NO5S. The average Bonchev–Trinajstić information content (AvgIpc) is 3.15. The van der Waals surface area contributed by atoms with Gasteiger partial charge in [-0.25, -0.2) is 12.4 Å². The van der Waals surface area contributed by atoms with Crippen LogP contribution in [-0.4, -0.2) is 29.8 Å². The first kappa shape index (κ1) is 24.6. The zero-order valence-corrected chi connectivity index (χ0v) is 19.4. The molecule has 0 atom stereocenters. The second kappa shape index (κ2) is 9.27. The SMILES string of the molecule is O=C(O)CCc1cn(S(=O)(=O)c2c(OC(F)(F)F)cccc2-c2ccccc2)c2ccc(Cl)cc12. The summed E-state index contributed by atoms with van der Waals surface area (Å²) in [6.45, 7) is 0. The highest BCUT2D eigenvalue weighted by molar-refractivity contribution is 7.90. The van der Waals surface area contributed by atoms with Gasteiger partial charge in [-0.1, -0.05) is 54.1 Å². The normalized spacial score (nSPS) is 12.1. The van der Waals surface area contributed by atoms with Crippen LogP contribution in [0.5, 0.6) is 5.75 Å². The van der Waals surface area contributed by atoms with E-state index in [0.717, 1.165) is 10.0 Å². The molecular weight excluding hydrogens is 507 g/mol. The minimum absolute atomic E-state index is 0.00949. The number of hydrogen-bond donors (Lipinski definition) is 1. The number of halogens is 4. The molecule has 0 bridgehead atoms. The highest BCUT2D eigenvalue weighted by Crippen LogP contribution is 2.40. The van der Waals surface area contributed by atoms with Crippen LogP contribution in [0.25, 0.3) is 22.0 Å². The van der Waals surface area contributed by atoms with Crippen molar-refractivity contribution in [2.75, 3.05) is 0 Å². The number of carboxylic acid groups (broad SMARTS) is 1. The molecule has 182 valence electrons. The number of alkyl halides is 3. The Kier molecular flexibility index (Phi) is 6.52. The van der Waals surface area contributed by atoms with Crippen LogP contribution in [0, 0.1) is 0 Å². The van der Waals surface area contributed by atoms with Crippen LogP contribution in [0.15, 0.2) is 77.8 Å². The summed E-state index contributed by atoms with van der Waals surface area (Å²) in [5.74, 6) is -1.98. The minimum Gasteiger partial charge on any atom is -0.481 e. The monoisotopic (exact) mass is 523 g/mol. The maximum atomic E-state index is 14.0. The lowest BCUT2D eigenvalue weighted by Crippen LogP contribution is -2.21. The number of carbonyl (C=O) groups is 1. The van der Waals surface area contributed by atoms with Crippen molar-refractivity contribution >= 4 is 38.5 Å². The van der Waals surface area contributed by atoms with Gasteiger partial charge in [-0.15, -0.1) is 13.2 Å². The van der Waals surface area contributed by atoms with E-state index in [1.807, 2.05) is 0 Å². The molecule has 0 saturated carbocycles. The second-order valence-corrected chi connectivity index (χ2v) is 9.75. The Morgan fingerprint density at radius 3 is 2.40 bits per heavy atom. The highest BCUT2D eigenvalue weighted by Gasteiger charge is 2.36. The number of hydrogen-bond acceptors (Lipinski definition) is 4. The van der Waals surface area contributed by atoms with Crippen LogP contribution in [-0.2, 0) is 21.2 Å². The molecule has 0 aliphatic rings. The quantitative estimate of drug-likeness (QED) is 0.316. The summed E-state index contributed by atoms with van der Waals surface area (Å²) in [4.78, 5) is 10.4. The number of aryl methyl sites for hydroxylation is 1. The van der Waals surface area contributed by atoms with Crippen molar-refractivity contribution in [3.05, 3.63) is 83.5 Å². The Balaban J connectivity index is 2.00. The van der Waals surface area contributed by atoms with Crippen molar-refractivity contribution in [2.45, 2.75) is 24.1 Å². The molecule has 4 rings (SSSR count). The first-order valence-electron chi connectivity index (χ1n) is 10.2. The average molecular weight is 524 g/mol. The summed E-state index contributed by atoms with van der Waals surface area (Å²) in [7, 11) is -4.68. The number of fused-ring (bicyclic) bond motifs is 1. The number of benzene rings is 3. The number of ether oxygens (including phenoxy) is 1. The van der Waals surface area contributed by atoms with Gasteiger partial charge in [0.2, 0.25) is 0 Å². The van der Waals surface area contributed by atoms with Crippen LogP contribution in [0.4, 0.5) is 13.2 Å². The van der Waals surface area contributed by atoms with Crippen LogP contribution in [0.2, 0.25) is 5.02 Å².